The summed E-state index contributed by atoms with van der Waals surface area (Å²) in [6, 6.07) is -0.0162. The van der Waals surface area contributed by atoms with E-state index in [0.29, 0.717) is 6.67 Å². The summed E-state index contributed by atoms with van der Waals surface area (Å²) < 4.78 is 29.7. The summed E-state index contributed by atoms with van der Waals surface area (Å²) >= 11 is 0. The van der Waals surface area contributed by atoms with Crippen molar-refractivity contribution in [2.45, 2.75) is 13.3 Å². The van der Waals surface area contributed by atoms with Gasteiger partial charge in [-0.05, 0) is 6.42 Å². The fourth-order valence-electron chi connectivity index (χ4n) is 0.994. The molecule has 0 saturated heterocycles. The van der Waals surface area contributed by atoms with Crippen LogP contribution in [0.3, 0.4) is 0 Å². The van der Waals surface area contributed by atoms with Gasteiger partial charge in [0.15, 0.2) is 0 Å². The molecule has 18 heavy (non-hydrogen) atoms. The second-order valence-corrected chi connectivity index (χ2v) is 4.68. The van der Waals surface area contributed by atoms with Crippen LogP contribution in [0.15, 0.2) is 12.4 Å². The largest absolute Gasteiger partial charge is 0.397 e. The third-order valence-electron chi connectivity index (χ3n) is 1.87. The Morgan fingerprint density at radius 3 is 2.39 bits per heavy atom. The second-order valence-electron chi connectivity index (χ2n) is 3.49. The maximum Gasteiger partial charge on any atom is 0.397 e. The topological polar surface area (TPSA) is 99.2 Å². The summed E-state index contributed by atoms with van der Waals surface area (Å²) in [6.45, 7) is 3.43. The molecule has 2 N–H and O–H groups in total. The van der Waals surface area contributed by atoms with Crippen LogP contribution in [-0.2, 0) is 14.6 Å². The van der Waals surface area contributed by atoms with Gasteiger partial charge in [-0.1, -0.05) is 6.92 Å². The molecular formula is C9H19N3O5S. The van der Waals surface area contributed by atoms with Crippen molar-refractivity contribution in [2.24, 2.45) is 0 Å². The highest BCUT2D eigenvalue weighted by Crippen LogP contribution is 2.02. The third-order valence-corrected chi connectivity index (χ3v) is 2.30. The molecule has 0 aromatic rings. The molecule has 1 rings (SSSR count). The van der Waals surface area contributed by atoms with E-state index in [1.54, 1.807) is 11.1 Å². The van der Waals surface area contributed by atoms with Gasteiger partial charge in [0.1, 0.15) is 0 Å². The molecule has 0 bridgehead atoms. The van der Waals surface area contributed by atoms with Gasteiger partial charge in [-0.25, -0.2) is 4.79 Å². The van der Waals surface area contributed by atoms with Gasteiger partial charge >= 0.3 is 16.4 Å². The first-order valence-corrected chi connectivity index (χ1v) is 6.62. The highest BCUT2D eigenvalue weighted by Gasteiger charge is 2.14. The Morgan fingerprint density at radius 1 is 1.50 bits per heavy atom. The molecule has 0 aliphatic carbocycles. The number of nitrogens with one attached hydrogen (secondary N) is 1. The Morgan fingerprint density at radius 2 is 2.06 bits per heavy atom. The fourth-order valence-corrected chi connectivity index (χ4v) is 0.994. The highest BCUT2D eigenvalue weighted by atomic mass is 32.3. The highest BCUT2D eigenvalue weighted by molar-refractivity contribution is 7.80. The first-order chi connectivity index (χ1) is 8.30. The zero-order valence-electron chi connectivity index (χ0n) is 10.7. The van der Waals surface area contributed by atoms with Crippen LogP contribution in [-0.4, -0.2) is 56.2 Å². The number of rotatable bonds is 3. The standard InChI is InChI=1S/C8H15N3O.CH4O4S/c1-3-4-9-8(12)11-6-5-10(2)7-11;1-5-6(2,3)4/h5-6H,3-4,7H2,1-2H3,(H,9,12);1H3,(H,2,3,4). The average molecular weight is 281 g/mol. The van der Waals surface area contributed by atoms with Gasteiger partial charge in [0.2, 0.25) is 0 Å². The zero-order valence-corrected chi connectivity index (χ0v) is 11.5. The van der Waals surface area contributed by atoms with E-state index in [1.807, 2.05) is 25.1 Å². The van der Waals surface area contributed by atoms with Crippen LogP contribution in [0.1, 0.15) is 13.3 Å². The number of carbonyl (C=O) groups excluding carboxylic acids is 1. The molecule has 0 atom stereocenters. The fraction of sp³-hybridized carbons (Fsp3) is 0.667. The van der Waals surface area contributed by atoms with Crippen LogP contribution >= 0.6 is 0 Å². The lowest BCUT2D eigenvalue weighted by molar-refractivity contribution is 0.207. The number of hydrogen-bond donors (Lipinski definition) is 2. The molecule has 1 aliphatic heterocycles. The van der Waals surface area contributed by atoms with Crippen LogP contribution in [0.5, 0.6) is 0 Å². The zero-order chi connectivity index (χ0) is 14.2. The summed E-state index contributed by atoms with van der Waals surface area (Å²) in [5.74, 6) is 0. The van der Waals surface area contributed by atoms with E-state index in [0.717, 1.165) is 20.1 Å². The summed E-state index contributed by atoms with van der Waals surface area (Å²) in [7, 11) is -1.36. The minimum Gasteiger partial charge on any atom is -0.361 e. The van der Waals surface area contributed by atoms with Crippen molar-refractivity contribution in [3.8, 4) is 0 Å². The van der Waals surface area contributed by atoms with Crippen LogP contribution in [0, 0.1) is 0 Å². The monoisotopic (exact) mass is 281 g/mol. The van der Waals surface area contributed by atoms with Crippen molar-refractivity contribution in [1.29, 1.82) is 0 Å². The molecular weight excluding hydrogens is 262 g/mol. The van der Waals surface area contributed by atoms with Gasteiger partial charge in [-0.15, -0.1) is 0 Å². The van der Waals surface area contributed by atoms with Gasteiger partial charge in [-0.3, -0.25) is 13.6 Å². The smallest absolute Gasteiger partial charge is 0.361 e. The van der Waals surface area contributed by atoms with E-state index in [1.165, 1.54) is 0 Å². The van der Waals surface area contributed by atoms with E-state index in [2.05, 4.69) is 9.50 Å². The van der Waals surface area contributed by atoms with Crippen molar-refractivity contribution in [2.75, 3.05) is 27.4 Å². The van der Waals surface area contributed by atoms with Crippen LogP contribution in [0.25, 0.3) is 0 Å². The SMILES string of the molecule is CCCNC(=O)N1C=CN(C)C1.COS(=O)(=O)O. The third kappa shape index (κ3) is 7.87. The Balaban J connectivity index is 0.000000411. The van der Waals surface area contributed by atoms with Crippen molar-refractivity contribution < 1.29 is 21.9 Å². The van der Waals surface area contributed by atoms with Gasteiger partial charge in [0.25, 0.3) is 0 Å². The summed E-state index contributed by atoms with van der Waals surface area (Å²) in [5.41, 5.74) is 0. The van der Waals surface area contributed by atoms with Crippen LogP contribution in [0.4, 0.5) is 4.79 Å². The lowest BCUT2D eigenvalue weighted by atomic mass is 10.5. The molecule has 0 fully saturated rings. The molecule has 0 saturated carbocycles. The van der Waals surface area contributed by atoms with Crippen molar-refractivity contribution >= 4 is 16.4 Å². The van der Waals surface area contributed by atoms with Gasteiger partial charge in [0.05, 0.1) is 13.8 Å². The summed E-state index contributed by atoms with van der Waals surface area (Å²) in [5, 5.41) is 2.80. The van der Waals surface area contributed by atoms with Gasteiger partial charge in [0, 0.05) is 26.0 Å². The number of hydrogen-bond acceptors (Lipinski definition) is 5. The molecule has 0 radical (unpaired) electrons. The maximum atomic E-state index is 11.3. The van der Waals surface area contributed by atoms with Crippen molar-refractivity contribution in [1.82, 2.24) is 15.1 Å². The quantitative estimate of drug-likeness (QED) is 0.718. The molecule has 9 heteroatoms. The molecule has 1 aliphatic rings. The minimum absolute atomic E-state index is 0.0162. The first-order valence-electron chi connectivity index (χ1n) is 5.26. The Labute approximate surface area is 107 Å². The van der Waals surface area contributed by atoms with E-state index < -0.39 is 10.4 Å². The Hall–Kier alpha value is -1.32. The van der Waals surface area contributed by atoms with Gasteiger partial charge < -0.3 is 10.2 Å². The molecule has 0 unspecified atom stereocenters. The predicted molar refractivity (Wildman–Crippen MR) is 65.9 cm³/mol. The molecule has 0 spiro atoms. The normalized spacial score (nSPS) is 14.2. The van der Waals surface area contributed by atoms with E-state index in [9.17, 15) is 13.2 Å². The molecule has 0 aromatic carbocycles. The van der Waals surface area contributed by atoms with Crippen LogP contribution < -0.4 is 5.32 Å². The molecule has 106 valence electrons. The van der Waals surface area contributed by atoms with E-state index >= 15 is 0 Å². The summed E-state index contributed by atoms with van der Waals surface area (Å²) in [4.78, 5) is 14.9. The average Bonchev–Trinajstić information content (AvgIpc) is 2.72. The number of carbonyl (C=O) groups is 1. The Kier molecular flexibility index (Phi) is 7.32. The van der Waals surface area contributed by atoms with Gasteiger partial charge in [-0.2, -0.15) is 8.42 Å². The predicted octanol–water partition coefficient (Wildman–Crippen LogP) is 0.218. The second kappa shape index (κ2) is 7.90. The lowest BCUT2D eigenvalue weighted by Gasteiger charge is -2.16. The molecule has 1 heterocycles. The van der Waals surface area contributed by atoms with E-state index in [-0.39, 0.29) is 6.03 Å². The number of amides is 2. The summed E-state index contributed by atoms with van der Waals surface area (Å²) in [6.07, 6.45) is 4.63. The lowest BCUT2D eigenvalue weighted by Crippen LogP contribution is -2.37. The number of nitrogens with zero attached hydrogens (tertiary/aromatic N) is 2. The minimum atomic E-state index is -4.16. The van der Waals surface area contributed by atoms with Crippen LogP contribution in [0.2, 0.25) is 0 Å². The molecule has 2 amide bonds. The van der Waals surface area contributed by atoms with E-state index in [4.69, 9.17) is 4.55 Å². The number of urea groups is 1. The first kappa shape index (κ1) is 16.7. The van der Waals surface area contributed by atoms with Crippen molar-refractivity contribution in [3.63, 3.8) is 0 Å². The maximum absolute atomic E-state index is 11.3. The Bertz CT molecular complexity index is 382. The van der Waals surface area contributed by atoms with Crippen molar-refractivity contribution in [3.05, 3.63) is 12.4 Å². The molecule has 8 nitrogen and oxygen atoms in total. The molecule has 0 aromatic heterocycles.